The van der Waals surface area contributed by atoms with E-state index >= 15 is 0 Å². The number of hydrogen-bond donors (Lipinski definition) is 2. The molecule has 16 heavy (non-hydrogen) atoms. The Kier molecular flexibility index (Phi) is 4.82. The van der Waals surface area contributed by atoms with Crippen molar-refractivity contribution in [2.24, 2.45) is 0 Å². The molecule has 0 aliphatic carbocycles. The molecule has 2 N–H and O–H groups in total. The maximum Gasteiger partial charge on any atom is 0.233 e. The number of rotatable bonds is 4. The summed E-state index contributed by atoms with van der Waals surface area (Å²) in [6.07, 6.45) is 0. The van der Waals surface area contributed by atoms with Crippen LogP contribution in [-0.2, 0) is 11.3 Å². The van der Waals surface area contributed by atoms with Gasteiger partial charge < -0.3 is 10.6 Å². The van der Waals surface area contributed by atoms with Crippen molar-refractivity contribution in [1.29, 1.82) is 0 Å². The second-order valence-electron chi connectivity index (χ2n) is 3.10. The Morgan fingerprint density at radius 2 is 2.12 bits per heavy atom. The largest absolute Gasteiger partial charge is 0.358 e. The van der Waals surface area contributed by atoms with Crippen LogP contribution in [0.5, 0.6) is 0 Å². The molecule has 6 heteroatoms. The van der Waals surface area contributed by atoms with Gasteiger partial charge in [0.2, 0.25) is 5.91 Å². The number of carbonyl (C=O) groups is 1. The minimum Gasteiger partial charge on any atom is -0.358 e. The molecule has 1 aromatic carbocycles. The molecule has 1 amide bonds. The van der Waals surface area contributed by atoms with E-state index in [2.05, 4.69) is 26.6 Å². The number of amides is 1. The number of halogens is 3. The van der Waals surface area contributed by atoms with E-state index in [0.717, 1.165) is 0 Å². The molecule has 0 heterocycles. The lowest BCUT2D eigenvalue weighted by atomic mass is 10.2. The van der Waals surface area contributed by atoms with E-state index in [1.165, 1.54) is 19.2 Å². The maximum atomic E-state index is 13.4. The highest BCUT2D eigenvalue weighted by molar-refractivity contribution is 9.10. The number of carbonyl (C=O) groups excluding carboxylic acids is 1. The van der Waals surface area contributed by atoms with Crippen molar-refractivity contribution in [2.45, 2.75) is 6.54 Å². The van der Waals surface area contributed by atoms with Gasteiger partial charge in [-0.25, -0.2) is 8.78 Å². The summed E-state index contributed by atoms with van der Waals surface area (Å²) in [6.45, 7) is -0.0214. The standard InChI is InChI=1S/C10H11BrF2N2O/c1-14-9(16)5-15-4-6-8(12)3-2-7(11)10(6)13/h2-3,15H,4-5H2,1H3,(H,14,16). The second kappa shape index (κ2) is 5.91. The summed E-state index contributed by atoms with van der Waals surface area (Å²) < 4.78 is 26.9. The molecule has 0 atom stereocenters. The van der Waals surface area contributed by atoms with Gasteiger partial charge in [-0.2, -0.15) is 0 Å². The van der Waals surface area contributed by atoms with Crippen LogP contribution >= 0.6 is 15.9 Å². The fourth-order valence-electron chi connectivity index (χ4n) is 1.12. The molecule has 0 aliphatic heterocycles. The summed E-state index contributed by atoms with van der Waals surface area (Å²) in [5.41, 5.74) is -0.0849. The third-order valence-corrected chi connectivity index (χ3v) is 2.62. The van der Waals surface area contributed by atoms with E-state index < -0.39 is 11.6 Å². The molecule has 0 saturated heterocycles. The lowest BCUT2D eigenvalue weighted by Crippen LogP contribution is -2.31. The Bertz CT molecular complexity index is 399. The van der Waals surface area contributed by atoms with Crippen LogP contribution in [0.3, 0.4) is 0 Å². The van der Waals surface area contributed by atoms with E-state index in [1.54, 1.807) is 0 Å². The molecular formula is C10H11BrF2N2O. The predicted octanol–water partition coefficient (Wildman–Crippen LogP) is 1.56. The lowest BCUT2D eigenvalue weighted by Gasteiger charge is -2.07. The molecule has 1 rings (SSSR count). The van der Waals surface area contributed by atoms with E-state index in [-0.39, 0.29) is 29.0 Å². The van der Waals surface area contributed by atoms with Crippen LogP contribution in [0, 0.1) is 11.6 Å². The van der Waals surface area contributed by atoms with Crippen LogP contribution in [-0.4, -0.2) is 19.5 Å². The normalized spacial score (nSPS) is 10.2. The average Bonchev–Trinajstić information content (AvgIpc) is 2.28. The molecule has 0 aromatic heterocycles. The smallest absolute Gasteiger partial charge is 0.233 e. The fraction of sp³-hybridized carbons (Fsp3) is 0.300. The average molecular weight is 293 g/mol. The van der Waals surface area contributed by atoms with Crippen molar-refractivity contribution < 1.29 is 13.6 Å². The van der Waals surface area contributed by atoms with E-state index in [9.17, 15) is 13.6 Å². The van der Waals surface area contributed by atoms with E-state index in [0.29, 0.717) is 0 Å². The summed E-state index contributed by atoms with van der Waals surface area (Å²) in [5, 5.41) is 5.04. The maximum absolute atomic E-state index is 13.4. The highest BCUT2D eigenvalue weighted by Gasteiger charge is 2.11. The van der Waals surface area contributed by atoms with Gasteiger partial charge in [-0.1, -0.05) is 0 Å². The van der Waals surface area contributed by atoms with Gasteiger partial charge in [0.1, 0.15) is 11.6 Å². The molecular weight excluding hydrogens is 282 g/mol. The van der Waals surface area contributed by atoms with Gasteiger partial charge in [0.25, 0.3) is 0 Å². The second-order valence-corrected chi connectivity index (χ2v) is 3.95. The molecule has 0 bridgehead atoms. The van der Waals surface area contributed by atoms with Crippen molar-refractivity contribution in [2.75, 3.05) is 13.6 Å². The Labute approximate surface area is 100 Å². The van der Waals surface area contributed by atoms with Crippen LogP contribution in [0.2, 0.25) is 0 Å². The Morgan fingerprint density at radius 3 is 2.75 bits per heavy atom. The van der Waals surface area contributed by atoms with Gasteiger partial charge >= 0.3 is 0 Å². The van der Waals surface area contributed by atoms with Crippen LogP contribution in [0.25, 0.3) is 0 Å². The van der Waals surface area contributed by atoms with Gasteiger partial charge in [0.15, 0.2) is 0 Å². The minimum atomic E-state index is -0.649. The number of hydrogen-bond acceptors (Lipinski definition) is 2. The quantitative estimate of drug-likeness (QED) is 0.827. The number of benzene rings is 1. The van der Waals surface area contributed by atoms with Gasteiger partial charge in [-0.3, -0.25) is 4.79 Å². The third kappa shape index (κ3) is 3.24. The highest BCUT2D eigenvalue weighted by Crippen LogP contribution is 2.21. The number of nitrogens with one attached hydrogen (secondary N) is 2. The molecule has 1 aromatic rings. The molecule has 88 valence electrons. The van der Waals surface area contributed by atoms with Crippen LogP contribution < -0.4 is 10.6 Å². The highest BCUT2D eigenvalue weighted by atomic mass is 79.9. The van der Waals surface area contributed by atoms with Gasteiger partial charge in [0.05, 0.1) is 11.0 Å². The summed E-state index contributed by atoms with van der Waals surface area (Å²) >= 11 is 2.97. The van der Waals surface area contributed by atoms with Crippen LogP contribution in [0.4, 0.5) is 8.78 Å². The SMILES string of the molecule is CNC(=O)CNCc1c(F)ccc(Br)c1F. The molecule has 0 aliphatic rings. The lowest BCUT2D eigenvalue weighted by molar-refractivity contribution is -0.119. The monoisotopic (exact) mass is 292 g/mol. The minimum absolute atomic E-state index is 0.0158. The van der Waals surface area contributed by atoms with Crippen LogP contribution in [0.15, 0.2) is 16.6 Å². The molecule has 0 fully saturated rings. The van der Waals surface area contributed by atoms with Crippen molar-refractivity contribution >= 4 is 21.8 Å². The van der Waals surface area contributed by atoms with Crippen molar-refractivity contribution in [3.8, 4) is 0 Å². The molecule has 0 radical (unpaired) electrons. The van der Waals surface area contributed by atoms with E-state index in [4.69, 9.17) is 0 Å². The molecule has 0 spiro atoms. The Balaban J connectivity index is 2.67. The zero-order valence-electron chi connectivity index (χ0n) is 8.61. The summed E-state index contributed by atoms with van der Waals surface area (Å²) in [4.78, 5) is 10.9. The Hall–Kier alpha value is -1.01. The topological polar surface area (TPSA) is 41.1 Å². The first kappa shape index (κ1) is 13.1. The molecule has 0 saturated carbocycles. The zero-order valence-corrected chi connectivity index (χ0v) is 10.2. The zero-order chi connectivity index (χ0) is 12.1. The molecule has 0 unspecified atom stereocenters. The first-order valence-corrected chi connectivity index (χ1v) is 5.39. The molecule has 3 nitrogen and oxygen atoms in total. The summed E-state index contributed by atoms with van der Waals surface area (Å²) in [7, 11) is 1.49. The van der Waals surface area contributed by atoms with Crippen molar-refractivity contribution in [3.63, 3.8) is 0 Å². The first-order valence-electron chi connectivity index (χ1n) is 4.60. The van der Waals surface area contributed by atoms with Crippen LogP contribution in [0.1, 0.15) is 5.56 Å². The van der Waals surface area contributed by atoms with Gasteiger partial charge in [-0.05, 0) is 28.1 Å². The fourth-order valence-corrected chi connectivity index (χ4v) is 1.49. The third-order valence-electron chi connectivity index (χ3n) is 2.01. The van der Waals surface area contributed by atoms with E-state index in [1.807, 2.05) is 0 Å². The van der Waals surface area contributed by atoms with Gasteiger partial charge in [-0.15, -0.1) is 0 Å². The number of likely N-dealkylation sites (N-methyl/N-ethyl adjacent to an activating group) is 1. The predicted molar refractivity (Wildman–Crippen MR) is 59.8 cm³/mol. The van der Waals surface area contributed by atoms with Crippen molar-refractivity contribution in [3.05, 3.63) is 33.8 Å². The van der Waals surface area contributed by atoms with Crippen molar-refractivity contribution in [1.82, 2.24) is 10.6 Å². The first-order chi connectivity index (χ1) is 7.56. The summed E-state index contributed by atoms with van der Waals surface area (Å²) in [5.74, 6) is -1.52. The summed E-state index contributed by atoms with van der Waals surface area (Å²) in [6, 6.07) is 2.47. The van der Waals surface area contributed by atoms with Gasteiger partial charge in [0, 0.05) is 19.2 Å². The Morgan fingerprint density at radius 1 is 1.44 bits per heavy atom.